The molecule has 0 aliphatic carbocycles. The number of amides is 1. The van der Waals surface area contributed by atoms with Crippen LogP contribution in [0.5, 0.6) is 5.75 Å². The van der Waals surface area contributed by atoms with Gasteiger partial charge in [0.1, 0.15) is 11.5 Å². The van der Waals surface area contributed by atoms with E-state index in [1.54, 1.807) is 67.0 Å². The highest BCUT2D eigenvalue weighted by atomic mass is 16.5. The van der Waals surface area contributed by atoms with Crippen molar-refractivity contribution in [1.82, 2.24) is 4.98 Å². The summed E-state index contributed by atoms with van der Waals surface area (Å²) in [5.41, 5.74) is 2.86. The summed E-state index contributed by atoms with van der Waals surface area (Å²) in [6.07, 6.45) is 4.85. The van der Waals surface area contributed by atoms with Gasteiger partial charge < -0.3 is 9.84 Å². The molecule has 0 spiro atoms. The van der Waals surface area contributed by atoms with Gasteiger partial charge in [-0.2, -0.15) is 5.26 Å². The number of nitrogens with zero attached hydrogens (tertiary/aromatic N) is 3. The van der Waals surface area contributed by atoms with Crippen LogP contribution in [0.3, 0.4) is 0 Å². The third-order valence-electron chi connectivity index (χ3n) is 5.90. The van der Waals surface area contributed by atoms with Gasteiger partial charge in [0.2, 0.25) is 0 Å². The summed E-state index contributed by atoms with van der Waals surface area (Å²) in [5, 5.41) is 20.4. The Morgan fingerprint density at radius 3 is 2.70 bits per heavy atom. The topological polar surface area (TPSA) is 104 Å². The number of nitriles is 1. The molecule has 1 amide bonds. The number of hydrogen-bond donors (Lipinski definition) is 1. The number of aliphatic hydroxyl groups is 1. The van der Waals surface area contributed by atoms with Crippen molar-refractivity contribution < 1.29 is 19.4 Å². The smallest absolute Gasteiger partial charge is 0.300 e. The molecule has 3 aromatic rings. The van der Waals surface area contributed by atoms with Crippen molar-refractivity contribution in [1.29, 1.82) is 5.26 Å². The second kappa shape index (κ2) is 8.24. The average Bonchev–Trinajstić information content (AvgIpc) is 3.14. The van der Waals surface area contributed by atoms with Crippen LogP contribution in [0.15, 0.2) is 72.6 Å². The number of rotatable bonds is 3. The number of carbonyl (C=O) groups excluding carboxylic acids is 2. The molecule has 0 saturated carbocycles. The van der Waals surface area contributed by atoms with Crippen molar-refractivity contribution in [2.45, 2.75) is 18.9 Å². The zero-order valence-corrected chi connectivity index (χ0v) is 17.6. The molecule has 0 radical (unpaired) electrons. The van der Waals surface area contributed by atoms with Gasteiger partial charge in [-0.3, -0.25) is 19.5 Å². The maximum atomic E-state index is 13.2. The predicted molar refractivity (Wildman–Crippen MR) is 120 cm³/mol. The van der Waals surface area contributed by atoms with Gasteiger partial charge in [-0.1, -0.05) is 6.07 Å². The minimum atomic E-state index is -0.862. The van der Waals surface area contributed by atoms with E-state index in [0.29, 0.717) is 29.0 Å². The Labute approximate surface area is 190 Å². The lowest BCUT2D eigenvalue weighted by atomic mass is 9.94. The van der Waals surface area contributed by atoms with E-state index < -0.39 is 17.7 Å². The first-order valence-corrected chi connectivity index (χ1v) is 10.6. The fourth-order valence-corrected chi connectivity index (χ4v) is 4.31. The number of ether oxygens (including phenoxy) is 1. The first kappa shape index (κ1) is 20.5. The number of Topliss-reactive ketones (excluding diaryl/α,β-unsaturated/α-hetero) is 1. The van der Waals surface area contributed by atoms with Gasteiger partial charge in [-0.25, -0.2) is 0 Å². The van der Waals surface area contributed by atoms with Crippen LogP contribution in [-0.2, 0) is 16.0 Å². The van der Waals surface area contributed by atoms with E-state index in [1.165, 1.54) is 4.90 Å². The lowest BCUT2D eigenvalue weighted by Crippen LogP contribution is -2.29. The van der Waals surface area contributed by atoms with Crippen LogP contribution in [0, 0.1) is 11.3 Å². The molecule has 7 heteroatoms. The lowest BCUT2D eigenvalue weighted by Gasteiger charge is -2.25. The summed E-state index contributed by atoms with van der Waals surface area (Å²) in [7, 11) is 0. The van der Waals surface area contributed by atoms with Crippen molar-refractivity contribution >= 4 is 23.1 Å². The molecule has 1 fully saturated rings. The predicted octanol–water partition coefficient (Wildman–Crippen LogP) is 3.90. The molecule has 2 aliphatic rings. The van der Waals surface area contributed by atoms with Gasteiger partial charge in [0.05, 0.1) is 29.9 Å². The van der Waals surface area contributed by atoms with E-state index in [1.807, 2.05) is 6.07 Å². The Kier molecular flexibility index (Phi) is 5.11. The second-order valence-electron chi connectivity index (χ2n) is 7.89. The molecule has 7 nitrogen and oxygen atoms in total. The highest BCUT2D eigenvalue weighted by Crippen LogP contribution is 2.42. The van der Waals surface area contributed by atoms with Crippen LogP contribution in [0.2, 0.25) is 0 Å². The molecule has 2 aliphatic heterocycles. The molecule has 1 aromatic heterocycles. The zero-order chi connectivity index (χ0) is 22.9. The van der Waals surface area contributed by atoms with Gasteiger partial charge in [0, 0.05) is 23.6 Å². The summed E-state index contributed by atoms with van der Waals surface area (Å²) >= 11 is 0. The van der Waals surface area contributed by atoms with Crippen LogP contribution < -0.4 is 9.64 Å². The number of ketones is 1. The van der Waals surface area contributed by atoms with E-state index in [-0.39, 0.29) is 11.3 Å². The number of hydrogen-bond acceptors (Lipinski definition) is 6. The highest BCUT2D eigenvalue weighted by Gasteiger charge is 2.47. The average molecular weight is 437 g/mol. The Bertz CT molecular complexity index is 1320. The van der Waals surface area contributed by atoms with Gasteiger partial charge in [-0.15, -0.1) is 0 Å². The van der Waals surface area contributed by atoms with Crippen LogP contribution in [-0.4, -0.2) is 28.4 Å². The standard InChI is InChI=1S/C26H19N3O4/c27-14-16-5-8-20(9-6-16)29-23(19-3-1-11-28-15-19)22(25(31)26(29)32)24(30)18-7-10-21-17(13-18)4-2-12-33-21/h1,3,5-11,13,15,23,30H,2,4,12H2/b24-22-. The quantitative estimate of drug-likeness (QED) is 0.379. The second-order valence-corrected chi connectivity index (χ2v) is 7.89. The fourth-order valence-electron chi connectivity index (χ4n) is 4.31. The summed E-state index contributed by atoms with van der Waals surface area (Å²) in [5.74, 6) is -1.01. The molecular formula is C26H19N3O4. The number of fused-ring (bicyclic) bond motifs is 1. The van der Waals surface area contributed by atoms with E-state index in [2.05, 4.69) is 4.98 Å². The molecule has 0 bridgehead atoms. The SMILES string of the molecule is N#Cc1ccc(N2C(=O)C(=O)/C(=C(\O)c3ccc4c(c3)CCCO4)C2c2cccnc2)cc1. The minimum Gasteiger partial charge on any atom is -0.507 e. The zero-order valence-electron chi connectivity index (χ0n) is 17.6. The van der Waals surface area contributed by atoms with Crippen molar-refractivity contribution in [2.24, 2.45) is 0 Å². The molecule has 1 atom stereocenters. The summed E-state index contributed by atoms with van der Waals surface area (Å²) < 4.78 is 5.65. The number of aromatic nitrogens is 1. The maximum Gasteiger partial charge on any atom is 0.300 e. The van der Waals surface area contributed by atoms with E-state index in [0.717, 1.165) is 24.2 Å². The molecule has 2 aromatic carbocycles. The highest BCUT2D eigenvalue weighted by molar-refractivity contribution is 6.51. The van der Waals surface area contributed by atoms with Crippen molar-refractivity contribution in [3.63, 3.8) is 0 Å². The van der Waals surface area contributed by atoms with E-state index in [9.17, 15) is 14.7 Å². The largest absolute Gasteiger partial charge is 0.507 e. The normalized spacial score (nSPS) is 19.0. The van der Waals surface area contributed by atoms with E-state index in [4.69, 9.17) is 10.00 Å². The third kappa shape index (κ3) is 3.52. The monoisotopic (exact) mass is 437 g/mol. The minimum absolute atomic E-state index is 0.00552. The third-order valence-corrected chi connectivity index (χ3v) is 5.90. The first-order chi connectivity index (χ1) is 16.1. The molecule has 162 valence electrons. The molecule has 5 rings (SSSR count). The summed E-state index contributed by atoms with van der Waals surface area (Å²) in [6.45, 7) is 0.648. The molecular weight excluding hydrogens is 418 g/mol. The first-order valence-electron chi connectivity index (χ1n) is 10.6. The summed E-state index contributed by atoms with van der Waals surface area (Å²) in [4.78, 5) is 31.8. The van der Waals surface area contributed by atoms with Crippen LogP contribution in [0.4, 0.5) is 5.69 Å². The molecule has 1 saturated heterocycles. The number of aliphatic hydroxyl groups excluding tert-OH is 1. The van der Waals surface area contributed by atoms with Gasteiger partial charge in [-0.05, 0) is 72.5 Å². The van der Waals surface area contributed by atoms with Gasteiger partial charge in [0.25, 0.3) is 11.7 Å². The Morgan fingerprint density at radius 1 is 1.15 bits per heavy atom. The lowest BCUT2D eigenvalue weighted by molar-refractivity contribution is -0.132. The Balaban J connectivity index is 1.67. The Hall–Kier alpha value is -4.44. The van der Waals surface area contributed by atoms with Crippen molar-refractivity contribution in [2.75, 3.05) is 11.5 Å². The van der Waals surface area contributed by atoms with E-state index >= 15 is 0 Å². The number of aryl methyl sites for hydroxylation is 1. The number of benzene rings is 2. The molecule has 3 heterocycles. The van der Waals surface area contributed by atoms with Crippen molar-refractivity contribution in [3.8, 4) is 11.8 Å². The van der Waals surface area contributed by atoms with Crippen LogP contribution in [0.25, 0.3) is 5.76 Å². The van der Waals surface area contributed by atoms with Crippen LogP contribution in [0.1, 0.15) is 34.7 Å². The number of carbonyl (C=O) groups is 2. The Morgan fingerprint density at radius 2 is 1.97 bits per heavy atom. The summed E-state index contributed by atoms with van der Waals surface area (Å²) in [6, 6.07) is 16.3. The van der Waals surface area contributed by atoms with Crippen LogP contribution >= 0.6 is 0 Å². The molecule has 1 unspecified atom stereocenters. The molecule has 33 heavy (non-hydrogen) atoms. The van der Waals surface area contributed by atoms with Gasteiger partial charge in [0.15, 0.2) is 0 Å². The number of anilines is 1. The number of pyridine rings is 1. The maximum absolute atomic E-state index is 13.2. The molecule has 1 N–H and O–H groups in total. The van der Waals surface area contributed by atoms with Gasteiger partial charge >= 0.3 is 0 Å². The van der Waals surface area contributed by atoms with Crippen molar-refractivity contribution in [3.05, 3.63) is 94.8 Å². The fraction of sp³-hybridized carbons (Fsp3) is 0.154.